The van der Waals surface area contributed by atoms with Crippen LogP contribution < -0.4 is 11.1 Å². The molecule has 21 heavy (non-hydrogen) atoms. The summed E-state index contributed by atoms with van der Waals surface area (Å²) in [7, 11) is 0. The zero-order valence-corrected chi connectivity index (χ0v) is 13.7. The van der Waals surface area contributed by atoms with E-state index in [1.165, 1.54) is 17.8 Å². The SMILES string of the molecule is CC(C)CCCC(C)NC(=O)c1ccc2nc(N)sc2c1. The number of benzene rings is 1. The average Bonchev–Trinajstić information content (AvgIpc) is 2.76. The number of nitrogens with one attached hydrogen (secondary N) is 1. The summed E-state index contributed by atoms with van der Waals surface area (Å²) >= 11 is 1.41. The minimum Gasteiger partial charge on any atom is -0.375 e. The minimum atomic E-state index is -0.0269. The fourth-order valence-corrected chi connectivity index (χ4v) is 3.07. The third kappa shape index (κ3) is 4.43. The maximum atomic E-state index is 12.2. The molecule has 0 bridgehead atoms. The van der Waals surface area contributed by atoms with Crippen molar-refractivity contribution in [2.75, 3.05) is 5.73 Å². The van der Waals surface area contributed by atoms with Gasteiger partial charge in [0.2, 0.25) is 0 Å². The minimum absolute atomic E-state index is 0.0269. The van der Waals surface area contributed by atoms with Gasteiger partial charge in [-0.15, -0.1) is 0 Å². The van der Waals surface area contributed by atoms with Crippen molar-refractivity contribution in [2.24, 2.45) is 5.92 Å². The summed E-state index contributed by atoms with van der Waals surface area (Å²) < 4.78 is 0.951. The molecule has 0 aliphatic rings. The number of thiazole rings is 1. The third-order valence-electron chi connectivity index (χ3n) is 3.46. The molecule has 4 nitrogen and oxygen atoms in total. The molecule has 3 N–H and O–H groups in total. The Kier molecular flexibility index (Phi) is 5.17. The van der Waals surface area contributed by atoms with Crippen molar-refractivity contribution in [1.29, 1.82) is 0 Å². The molecule has 1 aromatic heterocycles. The van der Waals surface area contributed by atoms with E-state index >= 15 is 0 Å². The number of rotatable bonds is 6. The van der Waals surface area contributed by atoms with Crippen molar-refractivity contribution in [3.63, 3.8) is 0 Å². The quantitative estimate of drug-likeness (QED) is 0.852. The lowest BCUT2D eigenvalue weighted by atomic mass is 10.0. The number of aromatic nitrogens is 1. The van der Waals surface area contributed by atoms with Gasteiger partial charge in [-0.05, 0) is 37.5 Å². The number of fused-ring (bicyclic) bond motifs is 1. The van der Waals surface area contributed by atoms with Crippen LogP contribution >= 0.6 is 11.3 Å². The first-order chi connectivity index (χ1) is 9.95. The van der Waals surface area contributed by atoms with E-state index in [0.29, 0.717) is 16.6 Å². The number of nitrogen functional groups attached to an aromatic ring is 1. The zero-order chi connectivity index (χ0) is 15.4. The van der Waals surface area contributed by atoms with Gasteiger partial charge >= 0.3 is 0 Å². The molecule has 114 valence electrons. The lowest BCUT2D eigenvalue weighted by Crippen LogP contribution is -2.32. The normalized spacial score (nSPS) is 12.8. The highest BCUT2D eigenvalue weighted by atomic mass is 32.1. The Morgan fingerprint density at radius 3 is 2.81 bits per heavy atom. The first-order valence-corrected chi connectivity index (χ1v) is 8.24. The van der Waals surface area contributed by atoms with Gasteiger partial charge in [-0.25, -0.2) is 4.98 Å². The number of carbonyl (C=O) groups excluding carboxylic acids is 1. The number of nitrogens with two attached hydrogens (primary N) is 1. The fourth-order valence-electron chi connectivity index (χ4n) is 2.30. The number of amides is 1. The highest BCUT2D eigenvalue weighted by molar-refractivity contribution is 7.22. The Morgan fingerprint density at radius 1 is 1.33 bits per heavy atom. The van der Waals surface area contributed by atoms with Crippen LogP contribution in [0.3, 0.4) is 0 Å². The molecule has 0 radical (unpaired) electrons. The van der Waals surface area contributed by atoms with Crippen LogP contribution in [0.2, 0.25) is 0 Å². The molecular formula is C16H23N3OS. The van der Waals surface area contributed by atoms with E-state index < -0.39 is 0 Å². The van der Waals surface area contributed by atoms with Crippen molar-refractivity contribution >= 4 is 32.6 Å². The van der Waals surface area contributed by atoms with E-state index in [2.05, 4.69) is 31.1 Å². The predicted molar refractivity (Wildman–Crippen MR) is 89.6 cm³/mol. The topological polar surface area (TPSA) is 68.0 Å². The molecule has 2 aromatic rings. The van der Waals surface area contributed by atoms with Gasteiger partial charge in [-0.2, -0.15) is 0 Å². The van der Waals surface area contributed by atoms with E-state index in [1.807, 2.05) is 12.1 Å². The zero-order valence-electron chi connectivity index (χ0n) is 12.8. The second-order valence-electron chi connectivity index (χ2n) is 5.93. The Labute approximate surface area is 129 Å². The van der Waals surface area contributed by atoms with Crippen LogP contribution in [0.4, 0.5) is 5.13 Å². The maximum absolute atomic E-state index is 12.2. The summed E-state index contributed by atoms with van der Waals surface area (Å²) in [6, 6.07) is 5.70. The molecule has 1 amide bonds. The lowest BCUT2D eigenvalue weighted by molar-refractivity contribution is 0.0938. The molecule has 1 heterocycles. The predicted octanol–water partition coefficient (Wildman–Crippen LogP) is 3.82. The van der Waals surface area contributed by atoms with Gasteiger partial charge in [0.05, 0.1) is 10.2 Å². The summed E-state index contributed by atoms with van der Waals surface area (Å²) in [5.74, 6) is 0.688. The smallest absolute Gasteiger partial charge is 0.251 e. The van der Waals surface area contributed by atoms with E-state index in [-0.39, 0.29) is 11.9 Å². The number of hydrogen-bond donors (Lipinski definition) is 2. The highest BCUT2D eigenvalue weighted by Gasteiger charge is 2.11. The summed E-state index contributed by atoms with van der Waals surface area (Å²) in [6.45, 7) is 6.50. The van der Waals surface area contributed by atoms with Gasteiger partial charge < -0.3 is 11.1 Å². The monoisotopic (exact) mass is 305 g/mol. The summed E-state index contributed by atoms with van der Waals surface area (Å²) in [6.07, 6.45) is 3.36. The van der Waals surface area contributed by atoms with Crippen LogP contribution in [0.5, 0.6) is 0 Å². The van der Waals surface area contributed by atoms with Crippen molar-refractivity contribution in [3.8, 4) is 0 Å². The maximum Gasteiger partial charge on any atom is 0.251 e. The third-order valence-corrected chi connectivity index (χ3v) is 4.31. The molecule has 5 heteroatoms. The van der Waals surface area contributed by atoms with Crippen molar-refractivity contribution in [1.82, 2.24) is 10.3 Å². The molecule has 0 fully saturated rings. The van der Waals surface area contributed by atoms with Gasteiger partial charge in [-0.3, -0.25) is 4.79 Å². The van der Waals surface area contributed by atoms with E-state index in [9.17, 15) is 4.79 Å². The molecule has 0 saturated heterocycles. The van der Waals surface area contributed by atoms with Gasteiger partial charge in [0.1, 0.15) is 0 Å². The number of anilines is 1. The molecule has 1 aromatic carbocycles. The van der Waals surface area contributed by atoms with Gasteiger partial charge in [0, 0.05) is 11.6 Å². The standard InChI is InChI=1S/C16H23N3OS/c1-10(2)5-4-6-11(3)18-15(20)12-7-8-13-14(9-12)21-16(17)19-13/h7-11H,4-6H2,1-3H3,(H2,17,19)(H,18,20). The molecule has 2 rings (SSSR count). The second-order valence-corrected chi connectivity index (χ2v) is 7.00. The van der Waals surface area contributed by atoms with Crippen molar-refractivity contribution < 1.29 is 4.79 Å². The average molecular weight is 305 g/mol. The van der Waals surface area contributed by atoms with Gasteiger partial charge in [0.25, 0.3) is 5.91 Å². The van der Waals surface area contributed by atoms with Crippen molar-refractivity contribution in [3.05, 3.63) is 23.8 Å². The van der Waals surface area contributed by atoms with Crippen LogP contribution in [0, 0.1) is 5.92 Å². The molecule has 0 aliphatic heterocycles. The number of carbonyl (C=O) groups is 1. The molecular weight excluding hydrogens is 282 g/mol. The number of hydrogen-bond acceptors (Lipinski definition) is 4. The van der Waals surface area contributed by atoms with Crippen LogP contribution in [-0.2, 0) is 0 Å². The van der Waals surface area contributed by atoms with Crippen LogP contribution in [0.15, 0.2) is 18.2 Å². The second kappa shape index (κ2) is 6.89. The molecule has 1 unspecified atom stereocenters. The lowest BCUT2D eigenvalue weighted by Gasteiger charge is -2.14. The first-order valence-electron chi connectivity index (χ1n) is 7.42. The van der Waals surface area contributed by atoms with Crippen LogP contribution in [0.1, 0.15) is 50.4 Å². The summed E-state index contributed by atoms with van der Waals surface area (Å²) in [5.41, 5.74) is 7.20. The number of nitrogens with zero attached hydrogens (tertiary/aromatic N) is 1. The largest absolute Gasteiger partial charge is 0.375 e. The molecule has 0 spiro atoms. The first kappa shape index (κ1) is 15.8. The molecule has 0 aliphatic carbocycles. The molecule has 0 saturated carbocycles. The Hall–Kier alpha value is -1.62. The fraction of sp³-hybridized carbons (Fsp3) is 0.500. The highest BCUT2D eigenvalue weighted by Crippen LogP contribution is 2.24. The Bertz CT molecular complexity index is 621. The van der Waals surface area contributed by atoms with Crippen molar-refractivity contribution in [2.45, 2.75) is 46.1 Å². The van der Waals surface area contributed by atoms with E-state index in [0.717, 1.165) is 23.1 Å². The van der Waals surface area contributed by atoms with Gasteiger partial charge in [-0.1, -0.05) is 38.0 Å². The van der Waals surface area contributed by atoms with Crippen LogP contribution in [0.25, 0.3) is 10.2 Å². The Balaban J connectivity index is 1.94. The van der Waals surface area contributed by atoms with E-state index in [4.69, 9.17) is 5.73 Å². The summed E-state index contributed by atoms with van der Waals surface area (Å²) in [5, 5.41) is 3.59. The Morgan fingerprint density at radius 2 is 2.10 bits per heavy atom. The molecule has 1 atom stereocenters. The summed E-state index contributed by atoms with van der Waals surface area (Å²) in [4.78, 5) is 16.4. The van der Waals surface area contributed by atoms with E-state index in [1.54, 1.807) is 6.07 Å². The van der Waals surface area contributed by atoms with Crippen LogP contribution in [-0.4, -0.2) is 16.9 Å². The van der Waals surface area contributed by atoms with Gasteiger partial charge in [0.15, 0.2) is 5.13 Å².